The second-order valence-corrected chi connectivity index (χ2v) is 8.63. The van der Waals surface area contributed by atoms with E-state index in [0.717, 1.165) is 30.7 Å². The van der Waals surface area contributed by atoms with Crippen LogP contribution < -0.4 is 25.9 Å². The summed E-state index contributed by atoms with van der Waals surface area (Å²) in [6.07, 6.45) is 1.14. The molecule has 3 heterocycles. The lowest BCUT2D eigenvalue weighted by atomic mass is 10.2. The normalized spacial score (nSPS) is 16.5. The molecule has 36 heavy (non-hydrogen) atoms. The average Bonchev–Trinajstić information content (AvgIpc) is 2.86. The Hall–Kier alpha value is -4.00. The summed E-state index contributed by atoms with van der Waals surface area (Å²) in [6, 6.07) is 7.21. The largest absolute Gasteiger partial charge is 0.368 e. The number of rotatable bonds is 5. The lowest BCUT2D eigenvalue weighted by Crippen LogP contribution is -2.56. The van der Waals surface area contributed by atoms with E-state index >= 15 is 0 Å². The van der Waals surface area contributed by atoms with Gasteiger partial charge in [0.2, 0.25) is 17.8 Å². The van der Waals surface area contributed by atoms with Gasteiger partial charge in [0.25, 0.3) is 0 Å². The van der Waals surface area contributed by atoms with Gasteiger partial charge in [-0.2, -0.15) is 4.98 Å². The number of hydrogen-bond acceptors (Lipinski definition) is 9. The predicted molar refractivity (Wildman–Crippen MR) is 132 cm³/mol. The third kappa shape index (κ3) is 6.36. The summed E-state index contributed by atoms with van der Waals surface area (Å²) in [7, 11) is 0. The van der Waals surface area contributed by atoms with Crippen LogP contribution in [-0.4, -0.2) is 90.1 Å². The molecule has 0 radical (unpaired) electrons. The zero-order chi connectivity index (χ0) is 25.7. The van der Waals surface area contributed by atoms with Crippen LogP contribution in [0.2, 0.25) is 0 Å². The number of aromatic nitrogens is 2. The molecule has 2 saturated heterocycles. The molecule has 2 aromatic rings. The number of carbonyl (C=O) groups is 3. The second-order valence-electron chi connectivity index (χ2n) is 8.63. The number of carbonyl (C=O) groups excluding carboxylic acids is 3. The summed E-state index contributed by atoms with van der Waals surface area (Å²) in [4.78, 5) is 48.5. The van der Waals surface area contributed by atoms with Gasteiger partial charge in [0.1, 0.15) is 0 Å². The van der Waals surface area contributed by atoms with Gasteiger partial charge in [0, 0.05) is 77.6 Å². The quantitative estimate of drug-likeness (QED) is 0.550. The molecule has 192 valence electrons. The van der Waals surface area contributed by atoms with E-state index < -0.39 is 17.8 Å². The van der Waals surface area contributed by atoms with Crippen molar-refractivity contribution in [2.75, 3.05) is 67.5 Å². The third-order valence-corrected chi connectivity index (χ3v) is 6.07. The highest BCUT2D eigenvalue weighted by Gasteiger charge is 2.23. The van der Waals surface area contributed by atoms with Crippen molar-refractivity contribution in [2.45, 2.75) is 13.8 Å². The number of urea groups is 1. The minimum Gasteiger partial charge on any atom is -0.368 e. The number of nitrogens with zero attached hydrogens (tertiary/aromatic N) is 6. The maximum Gasteiger partial charge on any atom is 0.335 e. The van der Waals surface area contributed by atoms with Gasteiger partial charge in [0.15, 0.2) is 11.6 Å². The van der Waals surface area contributed by atoms with Crippen molar-refractivity contribution in [3.05, 3.63) is 36.3 Å². The zero-order valence-corrected chi connectivity index (χ0v) is 20.3. The molecule has 2 aliphatic rings. The molecule has 4 amide bonds. The number of anilines is 4. The highest BCUT2D eigenvalue weighted by atomic mass is 19.1. The van der Waals surface area contributed by atoms with Crippen LogP contribution in [0.15, 0.2) is 30.5 Å². The number of nitrogens with one attached hydrogen (secondary N) is 3. The first kappa shape index (κ1) is 25.1. The van der Waals surface area contributed by atoms with Crippen molar-refractivity contribution in [3.8, 4) is 0 Å². The molecular weight excluding hydrogens is 469 g/mol. The van der Waals surface area contributed by atoms with E-state index in [-0.39, 0.29) is 17.7 Å². The molecule has 0 saturated carbocycles. The molecular formula is C23H30FN9O3. The van der Waals surface area contributed by atoms with Crippen molar-refractivity contribution < 1.29 is 18.8 Å². The molecule has 0 aliphatic carbocycles. The minimum absolute atomic E-state index is 0.100. The number of piperazine rings is 2. The summed E-state index contributed by atoms with van der Waals surface area (Å²) < 4.78 is 14.5. The number of halogens is 1. The van der Waals surface area contributed by atoms with Gasteiger partial charge in [-0.1, -0.05) is 0 Å². The van der Waals surface area contributed by atoms with Gasteiger partial charge in [-0.3, -0.25) is 20.3 Å². The van der Waals surface area contributed by atoms with Gasteiger partial charge in [-0.15, -0.1) is 0 Å². The Morgan fingerprint density at radius 1 is 0.889 bits per heavy atom. The van der Waals surface area contributed by atoms with Gasteiger partial charge in [0.05, 0.1) is 6.20 Å². The van der Waals surface area contributed by atoms with Crippen LogP contribution in [0.25, 0.3) is 0 Å². The molecule has 1 aromatic heterocycles. The van der Waals surface area contributed by atoms with Crippen molar-refractivity contribution in [1.82, 2.24) is 30.6 Å². The summed E-state index contributed by atoms with van der Waals surface area (Å²) in [5.74, 6) is -0.424. The lowest BCUT2D eigenvalue weighted by molar-refractivity contribution is -0.129. The Morgan fingerprint density at radius 3 is 2.14 bits per heavy atom. The van der Waals surface area contributed by atoms with Gasteiger partial charge in [-0.05, 0) is 24.3 Å². The fourth-order valence-electron chi connectivity index (χ4n) is 4.17. The van der Waals surface area contributed by atoms with E-state index in [2.05, 4.69) is 30.9 Å². The maximum atomic E-state index is 14.5. The molecule has 0 bridgehead atoms. The first-order chi connectivity index (χ1) is 17.3. The van der Waals surface area contributed by atoms with Crippen molar-refractivity contribution in [1.29, 1.82) is 0 Å². The Morgan fingerprint density at radius 2 is 1.53 bits per heavy atom. The van der Waals surface area contributed by atoms with E-state index in [9.17, 15) is 18.8 Å². The summed E-state index contributed by atoms with van der Waals surface area (Å²) in [5, 5.41) is 6.93. The molecule has 4 rings (SSSR count). The predicted octanol–water partition coefficient (Wildman–Crippen LogP) is 0.911. The molecule has 0 atom stereocenters. The highest BCUT2D eigenvalue weighted by Crippen LogP contribution is 2.23. The number of hydrogen-bond donors (Lipinski definition) is 3. The SMILES string of the molecule is CC(=O)NC(=O)NN1CCN(c2nc(Nc3ccc(N4CCN(C(C)=O)CC4)cc3)ncc2F)CC1. The first-order valence-electron chi connectivity index (χ1n) is 11.8. The van der Waals surface area contributed by atoms with Crippen LogP contribution in [0.5, 0.6) is 0 Å². The summed E-state index contributed by atoms with van der Waals surface area (Å²) >= 11 is 0. The van der Waals surface area contributed by atoms with Crippen molar-refractivity contribution in [3.63, 3.8) is 0 Å². The van der Waals surface area contributed by atoms with Crippen molar-refractivity contribution in [2.24, 2.45) is 0 Å². The molecule has 0 spiro atoms. The Bertz CT molecular complexity index is 1100. The molecule has 2 fully saturated rings. The van der Waals surface area contributed by atoms with Crippen LogP contribution >= 0.6 is 0 Å². The highest BCUT2D eigenvalue weighted by molar-refractivity contribution is 5.92. The van der Waals surface area contributed by atoms with E-state index in [0.29, 0.717) is 39.3 Å². The standard InChI is InChI=1S/C23H30FN9O3/c1-16(34)26-23(36)29-33-13-11-32(12-14-33)21-20(24)15-25-22(28-21)27-18-3-5-19(6-4-18)31-9-7-30(8-10-31)17(2)35/h3-6,15H,7-14H2,1-2H3,(H,25,27,28)(H2,26,29,34,36). The van der Waals surface area contributed by atoms with Crippen molar-refractivity contribution >= 4 is 41.0 Å². The first-order valence-corrected chi connectivity index (χ1v) is 11.8. The van der Waals surface area contributed by atoms with E-state index in [1.54, 1.807) is 16.8 Å². The number of hydrazine groups is 1. The molecule has 3 N–H and O–H groups in total. The van der Waals surface area contributed by atoms with E-state index in [1.165, 1.54) is 6.92 Å². The lowest BCUT2D eigenvalue weighted by Gasteiger charge is -2.35. The smallest absolute Gasteiger partial charge is 0.335 e. The van der Waals surface area contributed by atoms with Crippen LogP contribution in [0.4, 0.5) is 32.3 Å². The maximum absolute atomic E-state index is 14.5. The Balaban J connectivity index is 1.33. The number of benzene rings is 1. The second kappa shape index (κ2) is 11.2. The third-order valence-electron chi connectivity index (χ3n) is 6.07. The molecule has 2 aliphatic heterocycles. The van der Waals surface area contributed by atoms with Gasteiger partial charge < -0.3 is 20.0 Å². The molecule has 12 nitrogen and oxygen atoms in total. The summed E-state index contributed by atoms with van der Waals surface area (Å²) in [5.41, 5.74) is 4.42. The van der Waals surface area contributed by atoms with Gasteiger partial charge >= 0.3 is 6.03 Å². The molecule has 1 aromatic carbocycles. The van der Waals surface area contributed by atoms with Gasteiger partial charge in [-0.25, -0.2) is 19.2 Å². The van der Waals surface area contributed by atoms with Crippen LogP contribution in [0, 0.1) is 5.82 Å². The Kier molecular flexibility index (Phi) is 7.78. The molecule has 0 unspecified atom stereocenters. The number of amides is 4. The summed E-state index contributed by atoms with van der Waals surface area (Å²) in [6.45, 7) is 7.54. The Labute approximate surface area is 208 Å². The number of imide groups is 1. The zero-order valence-electron chi connectivity index (χ0n) is 20.3. The van der Waals surface area contributed by atoms with Crippen LogP contribution in [0.3, 0.4) is 0 Å². The van der Waals surface area contributed by atoms with Crippen LogP contribution in [0.1, 0.15) is 13.8 Å². The average molecular weight is 500 g/mol. The monoisotopic (exact) mass is 499 g/mol. The van der Waals surface area contributed by atoms with E-state index in [4.69, 9.17) is 0 Å². The molecule has 13 heteroatoms. The fraction of sp³-hybridized carbons (Fsp3) is 0.435. The minimum atomic E-state index is -0.597. The van der Waals surface area contributed by atoms with E-state index in [1.807, 2.05) is 29.2 Å². The fourth-order valence-corrected chi connectivity index (χ4v) is 4.17. The topological polar surface area (TPSA) is 126 Å². The van der Waals surface area contributed by atoms with Crippen LogP contribution in [-0.2, 0) is 9.59 Å².